The quantitative estimate of drug-likeness (QED) is 0.924. The monoisotopic (exact) mass is 306 g/mol. The van der Waals surface area contributed by atoms with Crippen molar-refractivity contribution in [3.8, 4) is 0 Å². The van der Waals surface area contributed by atoms with Crippen molar-refractivity contribution in [2.75, 3.05) is 16.8 Å². The lowest BCUT2D eigenvalue weighted by Crippen LogP contribution is -2.38. The Balaban J connectivity index is 2.22. The van der Waals surface area contributed by atoms with Crippen LogP contribution in [0.1, 0.15) is 41.5 Å². The van der Waals surface area contributed by atoms with Crippen LogP contribution in [0, 0.1) is 11.3 Å². The second-order valence-electron chi connectivity index (χ2n) is 7.23. The van der Waals surface area contributed by atoms with Gasteiger partial charge in [0.25, 0.3) is 0 Å². The maximum Gasteiger partial charge on any atom is 0.415 e. The second kappa shape index (κ2) is 6.10. The number of aromatic nitrogens is 2. The fraction of sp³-hybridized carbons (Fsp3) is 0.688. The van der Waals surface area contributed by atoms with Gasteiger partial charge in [-0.05, 0) is 24.3 Å². The normalized spacial score (nSPS) is 20.2. The first-order valence-corrected chi connectivity index (χ1v) is 7.75. The minimum Gasteiger partial charge on any atom is -0.447 e. The summed E-state index contributed by atoms with van der Waals surface area (Å²) >= 11 is 0. The molecule has 0 bridgehead atoms. The molecular formula is C16H26N4O2. The van der Waals surface area contributed by atoms with Crippen molar-refractivity contribution >= 4 is 17.9 Å². The molecule has 1 unspecified atom stereocenters. The van der Waals surface area contributed by atoms with Gasteiger partial charge in [-0.3, -0.25) is 4.90 Å². The Morgan fingerprint density at radius 1 is 1.36 bits per heavy atom. The smallest absolute Gasteiger partial charge is 0.415 e. The van der Waals surface area contributed by atoms with E-state index in [1.54, 1.807) is 17.2 Å². The highest BCUT2D eigenvalue weighted by Gasteiger charge is 2.37. The molecule has 0 aromatic carbocycles. The summed E-state index contributed by atoms with van der Waals surface area (Å²) in [5.74, 6) is 1.41. The van der Waals surface area contributed by atoms with Gasteiger partial charge in [0.1, 0.15) is 12.4 Å². The van der Waals surface area contributed by atoms with Gasteiger partial charge in [-0.2, -0.15) is 4.98 Å². The summed E-state index contributed by atoms with van der Waals surface area (Å²) in [4.78, 5) is 22.4. The van der Waals surface area contributed by atoms with Crippen LogP contribution in [0.4, 0.5) is 16.6 Å². The predicted octanol–water partition coefficient (Wildman–Crippen LogP) is 3.30. The van der Waals surface area contributed by atoms with E-state index in [4.69, 9.17) is 4.74 Å². The zero-order chi connectivity index (χ0) is 16.5. The van der Waals surface area contributed by atoms with E-state index in [2.05, 4.69) is 56.8 Å². The first-order valence-electron chi connectivity index (χ1n) is 7.75. The van der Waals surface area contributed by atoms with Crippen LogP contribution in [0.15, 0.2) is 12.3 Å². The number of carbonyl (C=O) groups is 1. The van der Waals surface area contributed by atoms with Gasteiger partial charge in [0.05, 0.1) is 6.04 Å². The molecule has 2 rings (SSSR count). The lowest BCUT2D eigenvalue weighted by Gasteiger charge is -2.28. The van der Waals surface area contributed by atoms with Crippen molar-refractivity contribution in [3.63, 3.8) is 0 Å². The molecule has 2 atom stereocenters. The number of nitrogens with one attached hydrogen (secondary N) is 1. The fourth-order valence-corrected chi connectivity index (χ4v) is 2.15. The Labute approximate surface area is 132 Å². The maximum atomic E-state index is 12.0. The van der Waals surface area contributed by atoms with Crippen molar-refractivity contribution in [1.82, 2.24) is 9.97 Å². The van der Waals surface area contributed by atoms with Gasteiger partial charge in [0.2, 0.25) is 5.95 Å². The molecule has 1 aliphatic rings. The van der Waals surface area contributed by atoms with Crippen LogP contribution in [0.2, 0.25) is 0 Å². The van der Waals surface area contributed by atoms with E-state index in [0.717, 1.165) is 0 Å². The molecule has 6 nitrogen and oxygen atoms in total. The van der Waals surface area contributed by atoms with Crippen LogP contribution in [0.5, 0.6) is 0 Å². The second-order valence-corrected chi connectivity index (χ2v) is 7.23. The summed E-state index contributed by atoms with van der Waals surface area (Å²) in [6, 6.07) is 1.96. The summed E-state index contributed by atoms with van der Waals surface area (Å²) in [6.07, 6.45) is 1.33. The van der Waals surface area contributed by atoms with Crippen LogP contribution in [-0.4, -0.2) is 34.8 Å². The topological polar surface area (TPSA) is 67.3 Å². The van der Waals surface area contributed by atoms with E-state index in [9.17, 15) is 4.79 Å². The number of amides is 1. The minimum absolute atomic E-state index is 0.00953. The third-order valence-corrected chi connectivity index (χ3v) is 4.21. The molecule has 0 radical (unpaired) electrons. The first-order chi connectivity index (χ1) is 10.2. The SMILES string of the molecule is CC(C)C1COC(=O)N1c1ccnc(N[C@@H](C)C(C)(C)C)n1. The number of rotatable bonds is 4. The van der Waals surface area contributed by atoms with E-state index in [1.165, 1.54) is 0 Å². The fourth-order valence-electron chi connectivity index (χ4n) is 2.15. The molecule has 1 fully saturated rings. The molecule has 0 saturated carbocycles. The lowest BCUT2D eigenvalue weighted by atomic mass is 9.88. The van der Waals surface area contributed by atoms with Crippen LogP contribution in [0.25, 0.3) is 0 Å². The highest BCUT2D eigenvalue weighted by Crippen LogP contribution is 2.27. The van der Waals surface area contributed by atoms with Crippen molar-refractivity contribution in [2.24, 2.45) is 11.3 Å². The minimum atomic E-state index is -0.341. The first kappa shape index (κ1) is 16.5. The van der Waals surface area contributed by atoms with Gasteiger partial charge >= 0.3 is 6.09 Å². The third-order valence-electron chi connectivity index (χ3n) is 4.21. The number of hydrogen-bond acceptors (Lipinski definition) is 5. The molecule has 122 valence electrons. The summed E-state index contributed by atoms with van der Waals surface area (Å²) in [7, 11) is 0. The lowest BCUT2D eigenvalue weighted by molar-refractivity contribution is 0.177. The van der Waals surface area contributed by atoms with E-state index in [0.29, 0.717) is 24.3 Å². The van der Waals surface area contributed by atoms with E-state index in [1.807, 2.05) is 0 Å². The highest BCUT2D eigenvalue weighted by atomic mass is 16.6. The zero-order valence-corrected chi connectivity index (χ0v) is 14.3. The number of nitrogens with zero attached hydrogens (tertiary/aromatic N) is 3. The van der Waals surface area contributed by atoms with Gasteiger partial charge < -0.3 is 10.1 Å². The number of ether oxygens (including phenoxy) is 1. The molecular weight excluding hydrogens is 280 g/mol. The average Bonchev–Trinajstić information content (AvgIpc) is 2.80. The van der Waals surface area contributed by atoms with Crippen LogP contribution in [0.3, 0.4) is 0 Å². The molecule has 1 N–H and O–H groups in total. The summed E-state index contributed by atoms with van der Waals surface area (Å²) in [5.41, 5.74) is 0.0897. The number of cyclic esters (lactones) is 1. The molecule has 1 saturated heterocycles. The Hall–Kier alpha value is -1.85. The summed E-state index contributed by atoms with van der Waals surface area (Å²) in [5, 5.41) is 3.30. The third kappa shape index (κ3) is 3.48. The van der Waals surface area contributed by atoms with Crippen molar-refractivity contribution < 1.29 is 9.53 Å². The maximum absolute atomic E-state index is 12.0. The molecule has 2 heterocycles. The highest BCUT2D eigenvalue weighted by molar-refractivity contribution is 5.89. The molecule has 1 amide bonds. The Kier molecular flexibility index (Phi) is 4.58. The van der Waals surface area contributed by atoms with Crippen molar-refractivity contribution in [1.29, 1.82) is 0 Å². The molecule has 1 aliphatic heterocycles. The molecule has 6 heteroatoms. The van der Waals surface area contributed by atoms with Gasteiger partial charge in [-0.1, -0.05) is 34.6 Å². The Morgan fingerprint density at radius 3 is 2.64 bits per heavy atom. The van der Waals surface area contributed by atoms with Gasteiger partial charge in [-0.25, -0.2) is 9.78 Å². The summed E-state index contributed by atoms with van der Waals surface area (Å²) in [6.45, 7) is 13.1. The van der Waals surface area contributed by atoms with Crippen LogP contribution < -0.4 is 10.2 Å². The number of carbonyl (C=O) groups excluding carboxylic acids is 1. The van der Waals surface area contributed by atoms with Gasteiger partial charge in [0.15, 0.2) is 0 Å². The molecule has 0 aliphatic carbocycles. The number of anilines is 2. The number of hydrogen-bond donors (Lipinski definition) is 1. The van der Waals surface area contributed by atoms with Crippen molar-refractivity contribution in [2.45, 2.75) is 53.6 Å². The van der Waals surface area contributed by atoms with Crippen LogP contribution in [-0.2, 0) is 4.74 Å². The van der Waals surface area contributed by atoms with Gasteiger partial charge in [0, 0.05) is 12.2 Å². The molecule has 0 spiro atoms. The summed E-state index contributed by atoms with van der Waals surface area (Å²) < 4.78 is 5.18. The predicted molar refractivity (Wildman–Crippen MR) is 87.0 cm³/mol. The Bertz CT molecular complexity index is 539. The van der Waals surface area contributed by atoms with Gasteiger partial charge in [-0.15, -0.1) is 0 Å². The standard InChI is InChI=1S/C16H26N4O2/c1-10(2)12-9-22-15(21)20(12)13-7-8-17-14(19-13)18-11(3)16(4,5)6/h7-8,10-12H,9H2,1-6H3,(H,17,18,19)/t11-,12?/m0/s1. The zero-order valence-electron chi connectivity index (χ0n) is 14.3. The van der Waals surface area contributed by atoms with Crippen molar-refractivity contribution in [3.05, 3.63) is 12.3 Å². The molecule has 22 heavy (non-hydrogen) atoms. The van der Waals surface area contributed by atoms with E-state index in [-0.39, 0.29) is 23.6 Å². The van der Waals surface area contributed by atoms with Crippen LogP contribution >= 0.6 is 0 Å². The molecule has 1 aromatic heterocycles. The average molecular weight is 306 g/mol. The Morgan fingerprint density at radius 2 is 2.05 bits per heavy atom. The van der Waals surface area contributed by atoms with E-state index >= 15 is 0 Å². The van der Waals surface area contributed by atoms with E-state index < -0.39 is 0 Å². The molecule has 1 aromatic rings. The largest absolute Gasteiger partial charge is 0.447 e.